The van der Waals surface area contributed by atoms with Crippen molar-refractivity contribution in [2.45, 2.75) is 50.2 Å². The molecule has 0 unspecified atom stereocenters. The summed E-state index contributed by atoms with van der Waals surface area (Å²) >= 11 is 0. The second-order valence-corrected chi connectivity index (χ2v) is 12.1. The second kappa shape index (κ2) is 13.2. The monoisotopic (exact) mass is 671 g/mol. The van der Waals surface area contributed by atoms with Crippen LogP contribution in [0.2, 0.25) is 0 Å². The van der Waals surface area contributed by atoms with Gasteiger partial charge in [0.2, 0.25) is 0 Å². The maximum absolute atomic E-state index is 15.1. The van der Waals surface area contributed by atoms with Gasteiger partial charge >= 0.3 is 12.1 Å². The smallest absolute Gasteiger partial charge is 0.471 e. The first-order chi connectivity index (χ1) is 23.5. The van der Waals surface area contributed by atoms with Crippen LogP contribution in [-0.4, -0.2) is 77.2 Å². The average molecular weight is 672 g/mol. The average Bonchev–Trinajstić information content (AvgIpc) is 3.43. The first kappa shape index (κ1) is 33.5. The van der Waals surface area contributed by atoms with Gasteiger partial charge in [-0.3, -0.25) is 9.59 Å². The maximum Gasteiger partial charge on any atom is 0.471 e. The molecule has 1 fully saturated rings. The van der Waals surface area contributed by atoms with Crippen molar-refractivity contribution in [1.29, 1.82) is 10.5 Å². The largest absolute Gasteiger partial charge is 0.482 e. The summed E-state index contributed by atoms with van der Waals surface area (Å²) in [4.78, 5) is 30.2. The normalized spacial score (nSPS) is 17.8. The molecule has 2 amide bonds. The number of nitrogens with one attached hydrogen (secondary N) is 1. The van der Waals surface area contributed by atoms with E-state index < -0.39 is 42.2 Å². The lowest BCUT2D eigenvalue weighted by molar-refractivity contribution is -0.195. The molecular formula is C35H32F3N7O4. The molecule has 1 aromatic heterocycles. The molecule has 3 heterocycles. The summed E-state index contributed by atoms with van der Waals surface area (Å²) in [6.45, 7) is 1.06. The molecule has 11 nitrogen and oxygen atoms in total. The van der Waals surface area contributed by atoms with Crippen molar-refractivity contribution in [3.05, 3.63) is 83.6 Å². The van der Waals surface area contributed by atoms with E-state index in [1.165, 1.54) is 23.1 Å². The summed E-state index contributed by atoms with van der Waals surface area (Å²) in [7, 11) is 1.55. The summed E-state index contributed by atoms with van der Waals surface area (Å²) < 4.78 is 56.7. The number of carbonyl (C=O) groups excluding carboxylic acids is 2. The van der Waals surface area contributed by atoms with Crippen molar-refractivity contribution in [2.24, 2.45) is 0 Å². The molecule has 2 atom stereocenters. The minimum Gasteiger partial charge on any atom is -0.482 e. The van der Waals surface area contributed by atoms with Gasteiger partial charge in [0.1, 0.15) is 17.4 Å². The minimum atomic E-state index is -5.29. The highest BCUT2D eigenvalue weighted by Crippen LogP contribution is 2.44. The number of hydrogen-bond donors (Lipinski definition) is 1. The Labute approximate surface area is 280 Å². The Bertz CT molecular complexity index is 1990. The number of nitrogens with zero attached hydrogens (tertiary/aromatic N) is 6. The molecule has 1 spiro atoms. The van der Waals surface area contributed by atoms with Crippen LogP contribution in [0.25, 0.3) is 16.6 Å². The number of ether oxygens (including phenoxy) is 2. The van der Waals surface area contributed by atoms with Crippen LogP contribution in [0.3, 0.4) is 0 Å². The van der Waals surface area contributed by atoms with Crippen LogP contribution in [-0.2, 0) is 20.9 Å². The highest BCUT2D eigenvalue weighted by atomic mass is 19.4. The lowest BCUT2D eigenvalue weighted by Gasteiger charge is -2.46. The predicted octanol–water partition coefficient (Wildman–Crippen LogP) is 4.61. The number of carbonyl (C=O) groups is 2. The summed E-state index contributed by atoms with van der Waals surface area (Å²) in [6, 6.07) is 20.4. The van der Waals surface area contributed by atoms with Gasteiger partial charge in [0.15, 0.2) is 6.04 Å². The number of likely N-dealkylation sites (N-methyl/N-ethyl adjacent to an activating group) is 1. The molecule has 1 N–H and O–H groups in total. The number of rotatable bonds is 7. The molecule has 49 heavy (non-hydrogen) atoms. The van der Waals surface area contributed by atoms with Crippen LogP contribution < -0.4 is 15.0 Å². The molecule has 14 heteroatoms. The van der Waals surface area contributed by atoms with Gasteiger partial charge in [-0.05, 0) is 44.3 Å². The summed E-state index contributed by atoms with van der Waals surface area (Å²) in [6.07, 6.45) is -5.28. The maximum atomic E-state index is 15.1. The fourth-order valence-electron chi connectivity index (χ4n) is 6.52. The Morgan fingerprint density at radius 2 is 1.80 bits per heavy atom. The molecule has 2 aliphatic rings. The van der Waals surface area contributed by atoms with Crippen molar-refractivity contribution in [1.82, 2.24) is 20.0 Å². The van der Waals surface area contributed by atoms with Crippen LogP contribution >= 0.6 is 0 Å². The van der Waals surface area contributed by atoms with Crippen molar-refractivity contribution in [2.75, 3.05) is 31.7 Å². The number of fused-ring (bicyclic) bond motifs is 2. The minimum absolute atomic E-state index is 0.00550. The Hall–Kier alpha value is -5.44. The van der Waals surface area contributed by atoms with E-state index in [1.807, 2.05) is 6.07 Å². The fourth-order valence-corrected chi connectivity index (χ4v) is 6.52. The molecule has 1 saturated heterocycles. The van der Waals surface area contributed by atoms with Crippen LogP contribution in [0.4, 0.5) is 18.9 Å². The van der Waals surface area contributed by atoms with Gasteiger partial charge in [-0.15, -0.1) is 0 Å². The lowest BCUT2D eigenvalue weighted by atomic mass is 9.83. The van der Waals surface area contributed by atoms with Crippen molar-refractivity contribution in [3.8, 4) is 23.6 Å². The van der Waals surface area contributed by atoms with E-state index >= 15 is 4.79 Å². The Kier molecular flexibility index (Phi) is 9.03. The van der Waals surface area contributed by atoms with Crippen molar-refractivity contribution >= 4 is 28.4 Å². The molecule has 0 aliphatic carbocycles. The summed E-state index contributed by atoms with van der Waals surface area (Å²) in [5, 5.41) is 27.9. The van der Waals surface area contributed by atoms with Gasteiger partial charge in [0.25, 0.3) is 5.91 Å². The number of hydrogen-bond acceptors (Lipinski definition) is 8. The fraction of sp³-hybridized carbons (Fsp3) is 0.343. The molecule has 0 radical (unpaired) electrons. The van der Waals surface area contributed by atoms with E-state index in [0.717, 1.165) is 0 Å². The Balaban J connectivity index is 1.56. The molecule has 3 aromatic carbocycles. The first-order valence-electron chi connectivity index (χ1n) is 15.6. The van der Waals surface area contributed by atoms with E-state index in [-0.39, 0.29) is 49.6 Å². The molecule has 0 saturated carbocycles. The lowest BCUT2D eigenvalue weighted by Crippen LogP contribution is -2.67. The van der Waals surface area contributed by atoms with Crippen LogP contribution in [0, 0.1) is 22.7 Å². The highest BCUT2D eigenvalue weighted by Gasteiger charge is 2.58. The zero-order chi connectivity index (χ0) is 34.9. The molecule has 6 rings (SSSR count). The van der Waals surface area contributed by atoms with Crippen LogP contribution in [0.15, 0.2) is 66.7 Å². The standard InChI is InChI=1S/C35H32F3N7O4/c1-22(41-2)20-44(33(47)35(36,37)38)31-32(46)43(29-12-11-23(18-39)17-30(29)49-34(31)13-15-48-16-14-34)21-26-25-8-4-6-10-28(25)45(42-26)27-9-5-3-7-24(27)19-40/h3-12,17,22,31,41H,13-16,20-21H2,1-2H3/t22-,31+/m0/s1. The number of alkyl halides is 3. The van der Waals surface area contributed by atoms with E-state index in [9.17, 15) is 28.5 Å². The highest BCUT2D eigenvalue weighted by molar-refractivity contribution is 6.03. The third kappa shape index (κ3) is 6.17. The number of anilines is 1. The summed E-state index contributed by atoms with van der Waals surface area (Å²) in [5.41, 5.74) is 0.667. The quantitative estimate of drug-likeness (QED) is 0.301. The Morgan fingerprint density at radius 1 is 1.08 bits per heavy atom. The van der Waals surface area contributed by atoms with E-state index in [4.69, 9.17) is 14.6 Å². The van der Waals surface area contributed by atoms with Gasteiger partial charge in [-0.1, -0.05) is 30.3 Å². The first-order valence-corrected chi connectivity index (χ1v) is 15.6. The number of amides is 2. The van der Waals surface area contributed by atoms with Gasteiger partial charge in [0, 0.05) is 36.9 Å². The third-order valence-corrected chi connectivity index (χ3v) is 9.03. The number of para-hydroxylation sites is 2. The van der Waals surface area contributed by atoms with E-state index in [1.54, 1.807) is 61.1 Å². The van der Waals surface area contributed by atoms with E-state index in [2.05, 4.69) is 17.5 Å². The molecular weight excluding hydrogens is 639 g/mol. The number of halogens is 3. The zero-order valence-corrected chi connectivity index (χ0v) is 26.7. The predicted molar refractivity (Wildman–Crippen MR) is 172 cm³/mol. The van der Waals surface area contributed by atoms with Crippen LogP contribution in [0.1, 0.15) is 36.6 Å². The Morgan fingerprint density at radius 3 is 2.49 bits per heavy atom. The number of benzene rings is 3. The molecule has 4 aromatic rings. The topological polar surface area (TPSA) is 137 Å². The zero-order valence-electron chi connectivity index (χ0n) is 26.7. The van der Waals surface area contributed by atoms with Gasteiger partial charge in [-0.2, -0.15) is 28.8 Å². The second-order valence-electron chi connectivity index (χ2n) is 12.1. The van der Waals surface area contributed by atoms with Gasteiger partial charge in [-0.25, -0.2) is 4.68 Å². The SMILES string of the molecule is CN[C@@H](C)CN(C(=O)C(F)(F)F)[C@@H]1C(=O)N(Cc2nn(-c3ccccc3C#N)c3ccccc23)c2ccc(C#N)cc2OC12CCOCC2. The number of aromatic nitrogens is 2. The van der Waals surface area contributed by atoms with E-state index in [0.29, 0.717) is 32.7 Å². The van der Waals surface area contributed by atoms with Gasteiger partial charge < -0.3 is 24.6 Å². The van der Waals surface area contributed by atoms with Crippen molar-refractivity contribution < 1.29 is 32.2 Å². The third-order valence-electron chi connectivity index (χ3n) is 9.03. The van der Waals surface area contributed by atoms with Gasteiger partial charge in [0.05, 0.1) is 59.5 Å². The van der Waals surface area contributed by atoms with Crippen molar-refractivity contribution in [3.63, 3.8) is 0 Å². The van der Waals surface area contributed by atoms with Crippen LogP contribution in [0.5, 0.6) is 5.75 Å². The molecule has 2 aliphatic heterocycles. The molecule has 252 valence electrons. The molecule has 0 bridgehead atoms. The number of nitriles is 2. The summed E-state index contributed by atoms with van der Waals surface area (Å²) in [5.74, 6) is -2.87.